The van der Waals surface area contributed by atoms with Gasteiger partial charge in [-0.15, -0.1) is 0 Å². The van der Waals surface area contributed by atoms with Gasteiger partial charge in [0.15, 0.2) is 11.9 Å². The van der Waals surface area contributed by atoms with E-state index in [1.165, 1.54) is 0 Å². The van der Waals surface area contributed by atoms with Crippen LogP contribution < -0.4 is 16.9 Å². The summed E-state index contributed by atoms with van der Waals surface area (Å²) in [5, 5.41) is 3.31. The van der Waals surface area contributed by atoms with Crippen molar-refractivity contribution in [2.75, 3.05) is 7.11 Å². The zero-order chi connectivity index (χ0) is 24.7. The predicted octanol–water partition coefficient (Wildman–Crippen LogP) is 5.45. The molecule has 0 spiro atoms. The molecule has 175 valence electrons. The van der Waals surface area contributed by atoms with Gasteiger partial charge < -0.3 is 12.3 Å². The molecular weight excluding hydrogens is 465 g/mol. The third kappa shape index (κ3) is 5.08. The summed E-state index contributed by atoms with van der Waals surface area (Å²) in [5.41, 5.74) is 2.84. The van der Waals surface area contributed by atoms with Crippen LogP contribution in [0.5, 0.6) is 17.2 Å². The smallest absolute Gasteiger partial charge is 0.614 e. The van der Waals surface area contributed by atoms with Crippen molar-refractivity contribution in [2.45, 2.75) is 0 Å². The molecule has 0 fully saturated rings. The molecule has 0 saturated heterocycles. The SMILES string of the molecule is COc1cccc2cccnc12.C[n+]1cccc2cccc([O][Al][O]c3cccc4cccnc34)c21. The molecule has 6 aromatic rings. The number of fused-ring (bicyclic) bond motifs is 3. The monoisotopic (exact) mass is 489 g/mol. The fourth-order valence-corrected chi connectivity index (χ4v) is 4.67. The Morgan fingerprint density at radius 3 is 1.83 bits per heavy atom. The van der Waals surface area contributed by atoms with Crippen LogP contribution in [0.4, 0.5) is 0 Å². The van der Waals surface area contributed by atoms with Crippen LogP contribution in [0.25, 0.3) is 32.7 Å². The van der Waals surface area contributed by atoms with E-state index in [1.807, 2.05) is 92.1 Å². The maximum absolute atomic E-state index is 5.97. The highest BCUT2D eigenvalue weighted by atomic mass is 27.2. The van der Waals surface area contributed by atoms with Gasteiger partial charge in [0.05, 0.1) is 12.5 Å². The fraction of sp³-hybridized carbons (Fsp3) is 0.0690. The van der Waals surface area contributed by atoms with Crippen molar-refractivity contribution in [3.8, 4) is 17.2 Å². The molecular formula is C29H24AlN3O3+. The van der Waals surface area contributed by atoms with Crippen LogP contribution in [-0.2, 0) is 7.05 Å². The summed E-state index contributed by atoms with van der Waals surface area (Å²) in [4.78, 5) is 8.63. The Hall–Kier alpha value is -4.18. The van der Waals surface area contributed by atoms with Gasteiger partial charge in [0, 0.05) is 29.2 Å². The second kappa shape index (κ2) is 11.0. The van der Waals surface area contributed by atoms with Crippen molar-refractivity contribution in [2.24, 2.45) is 7.05 Å². The lowest BCUT2D eigenvalue weighted by atomic mass is 10.2. The van der Waals surface area contributed by atoms with Crippen molar-refractivity contribution >= 4 is 48.6 Å². The van der Waals surface area contributed by atoms with E-state index in [1.54, 1.807) is 19.5 Å². The number of hydrogen-bond donors (Lipinski definition) is 0. The number of hydrogen-bond acceptors (Lipinski definition) is 5. The predicted molar refractivity (Wildman–Crippen MR) is 142 cm³/mol. The largest absolute Gasteiger partial charge is 0.882 e. The first kappa shape index (κ1) is 23.6. The molecule has 3 heterocycles. The first-order valence-corrected chi connectivity index (χ1v) is 12.4. The summed E-state index contributed by atoms with van der Waals surface area (Å²) in [6.07, 6.45) is 5.56. The molecule has 0 aliphatic heterocycles. The Morgan fingerprint density at radius 1 is 0.611 bits per heavy atom. The van der Waals surface area contributed by atoms with E-state index in [-0.39, 0.29) is 0 Å². The molecule has 1 radical (unpaired) electrons. The van der Waals surface area contributed by atoms with E-state index in [9.17, 15) is 0 Å². The number of benzene rings is 3. The van der Waals surface area contributed by atoms with Crippen LogP contribution in [0, 0.1) is 0 Å². The Morgan fingerprint density at radius 2 is 1.14 bits per heavy atom. The van der Waals surface area contributed by atoms with Crippen LogP contribution in [-0.4, -0.2) is 33.0 Å². The maximum atomic E-state index is 5.97. The van der Waals surface area contributed by atoms with Gasteiger partial charge in [-0.25, -0.2) is 0 Å². The van der Waals surface area contributed by atoms with Gasteiger partial charge in [0.1, 0.15) is 29.6 Å². The first-order chi connectivity index (χ1) is 17.7. The molecule has 7 heteroatoms. The number of para-hydroxylation sites is 3. The van der Waals surface area contributed by atoms with E-state index >= 15 is 0 Å². The second-order valence-electron chi connectivity index (χ2n) is 8.01. The van der Waals surface area contributed by atoms with E-state index in [2.05, 4.69) is 26.7 Å². The van der Waals surface area contributed by atoms with Crippen LogP contribution >= 0.6 is 0 Å². The summed E-state index contributed by atoms with van der Waals surface area (Å²) >= 11 is -0.687. The minimum Gasteiger partial charge on any atom is -0.614 e. The normalized spacial score (nSPS) is 10.5. The number of nitrogens with zero attached hydrogens (tertiary/aromatic N) is 3. The number of methoxy groups -OCH3 is 1. The molecule has 0 amide bonds. The maximum Gasteiger partial charge on any atom is 0.882 e. The quantitative estimate of drug-likeness (QED) is 0.238. The van der Waals surface area contributed by atoms with Crippen LogP contribution in [0.2, 0.25) is 0 Å². The standard InChI is InChI=1S/2C10H9NO.C9H7NO.Al/c1-12-9-6-2-4-8-5-3-7-11-10(8)9;1-11-7-3-5-8-4-2-6-9(12)10(8)11;11-8-5-1-3-7-4-2-6-10-9(7)8;/h2*2-7H,1H3;1-6,11H;/q;;;+2/p-1. The van der Waals surface area contributed by atoms with Crippen molar-refractivity contribution in [1.82, 2.24) is 9.97 Å². The van der Waals surface area contributed by atoms with Gasteiger partial charge in [-0.05, 0) is 42.5 Å². The van der Waals surface area contributed by atoms with Crippen LogP contribution in [0.15, 0.2) is 110 Å². The highest BCUT2D eigenvalue weighted by molar-refractivity contribution is 6.21. The molecule has 0 saturated carbocycles. The van der Waals surface area contributed by atoms with Gasteiger partial charge in [-0.1, -0.05) is 42.5 Å². The van der Waals surface area contributed by atoms with Gasteiger partial charge >= 0.3 is 15.9 Å². The van der Waals surface area contributed by atoms with Crippen LogP contribution in [0.1, 0.15) is 0 Å². The number of pyridine rings is 3. The lowest BCUT2D eigenvalue weighted by Gasteiger charge is -2.10. The number of aromatic nitrogens is 3. The molecule has 6 rings (SSSR count). The minimum absolute atomic E-state index is 0.687. The third-order valence-corrected chi connectivity index (χ3v) is 6.43. The molecule has 6 nitrogen and oxygen atoms in total. The minimum atomic E-state index is -0.687. The summed E-state index contributed by atoms with van der Waals surface area (Å²) in [7, 11) is 3.67. The Bertz CT molecular complexity index is 1630. The summed E-state index contributed by atoms with van der Waals surface area (Å²) < 4.78 is 19.1. The summed E-state index contributed by atoms with van der Waals surface area (Å²) in [6.45, 7) is 0. The van der Waals surface area contributed by atoms with Gasteiger partial charge in [-0.3, -0.25) is 9.97 Å². The summed E-state index contributed by atoms with van der Waals surface area (Å²) in [6, 6.07) is 29.8. The molecule has 0 unspecified atom stereocenters. The number of ether oxygens (including phenoxy) is 1. The number of aryl methyl sites for hydroxylation is 1. The molecule has 3 aromatic heterocycles. The van der Waals surface area contributed by atoms with Crippen molar-refractivity contribution in [1.29, 1.82) is 0 Å². The highest BCUT2D eigenvalue weighted by Crippen LogP contribution is 2.25. The molecule has 0 aliphatic carbocycles. The highest BCUT2D eigenvalue weighted by Gasteiger charge is 2.15. The average molecular weight is 490 g/mol. The fourth-order valence-electron chi connectivity index (χ4n) is 4.04. The topological polar surface area (TPSA) is 57.4 Å². The van der Waals surface area contributed by atoms with Gasteiger partial charge in [0.25, 0.3) is 5.52 Å². The van der Waals surface area contributed by atoms with Gasteiger partial charge in [0.2, 0.25) is 0 Å². The van der Waals surface area contributed by atoms with Crippen LogP contribution in [0.3, 0.4) is 0 Å². The lowest BCUT2D eigenvalue weighted by Crippen LogP contribution is -2.29. The molecule has 0 aliphatic rings. The molecule has 0 atom stereocenters. The Balaban J connectivity index is 0.000000186. The van der Waals surface area contributed by atoms with Crippen molar-refractivity contribution < 1.29 is 16.9 Å². The van der Waals surface area contributed by atoms with Crippen molar-refractivity contribution in [3.63, 3.8) is 0 Å². The zero-order valence-electron chi connectivity index (χ0n) is 20.0. The number of rotatable bonds is 5. The van der Waals surface area contributed by atoms with E-state index < -0.39 is 15.9 Å². The first-order valence-electron chi connectivity index (χ1n) is 11.5. The molecule has 3 aromatic carbocycles. The molecule has 0 bridgehead atoms. The molecule has 0 N–H and O–H groups in total. The van der Waals surface area contributed by atoms with Gasteiger partial charge in [-0.2, -0.15) is 4.57 Å². The van der Waals surface area contributed by atoms with Crippen molar-refractivity contribution in [3.05, 3.63) is 110 Å². The van der Waals surface area contributed by atoms with E-state index in [0.29, 0.717) is 0 Å². The molecule has 36 heavy (non-hydrogen) atoms. The van der Waals surface area contributed by atoms with E-state index in [4.69, 9.17) is 12.3 Å². The van der Waals surface area contributed by atoms with E-state index in [0.717, 1.165) is 50.0 Å². The Labute approximate surface area is 216 Å². The Kier molecular flexibility index (Phi) is 7.23. The second-order valence-corrected chi connectivity index (χ2v) is 8.68. The zero-order valence-corrected chi connectivity index (χ0v) is 21.2. The average Bonchev–Trinajstić information content (AvgIpc) is 2.93. The lowest BCUT2D eigenvalue weighted by molar-refractivity contribution is -0.645. The summed E-state index contributed by atoms with van der Waals surface area (Å²) in [5.74, 6) is 2.42. The third-order valence-electron chi connectivity index (χ3n) is 5.73.